The number of aromatic nitrogens is 1. The molecule has 0 bridgehead atoms. The molecule has 1 aromatic heterocycles. The number of methoxy groups -OCH3 is 1. The van der Waals surface area contributed by atoms with Gasteiger partial charge in [0.1, 0.15) is 5.75 Å². The lowest BCUT2D eigenvalue weighted by Gasteiger charge is -2.23. The molecule has 5 nitrogen and oxygen atoms in total. The molecule has 0 radical (unpaired) electrons. The Hall–Kier alpha value is -2.40. The van der Waals surface area contributed by atoms with Gasteiger partial charge in [-0.05, 0) is 42.7 Å². The van der Waals surface area contributed by atoms with Crippen LogP contribution < -0.4 is 10.5 Å². The molecule has 120 valence electrons. The number of carbonyl (C=O) groups is 1. The lowest BCUT2D eigenvalue weighted by atomic mass is 10.1. The number of hydrogen-bond donors (Lipinski definition) is 1. The molecule has 2 aromatic rings. The van der Waals surface area contributed by atoms with Gasteiger partial charge in [0.15, 0.2) is 0 Å². The summed E-state index contributed by atoms with van der Waals surface area (Å²) in [6.07, 6.45) is 3.78. The zero-order valence-electron chi connectivity index (χ0n) is 13.2. The molecule has 1 aliphatic carbocycles. The standard InChI is InChI=1S/C18H21N3O2/c1-23-17-6-2-13(3-7-17)12-21(16-4-5-16)18(22)14-8-9-20-15(10-14)11-19/h2-3,6-10,16H,4-5,11-12,19H2,1H3. The maximum atomic E-state index is 12.9. The molecule has 0 atom stereocenters. The Morgan fingerprint density at radius 1 is 1.30 bits per heavy atom. The minimum absolute atomic E-state index is 0.0421. The number of hydrogen-bond acceptors (Lipinski definition) is 4. The van der Waals surface area contributed by atoms with E-state index in [1.54, 1.807) is 25.4 Å². The summed E-state index contributed by atoms with van der Waals surface area (Å²) in [5.74, 6) is 0.861. The SMILES string of the molecule is COc1ccc(CN(C(=O)c2ccnc(CN)c2)C2CC2)cc1. The Bertz CT molecular complexity index is 681. The van der Waals surface area contributed by atoms with Gasteiger partial charge in [-0.25, -0.2) is 0 Å². The number of nitrogens with zero attached hydrogens (tertiary/aromatic N) is 2. The highest BCUT2D eigenvalue weighted by Crippen LogP contribution is 2.30. The van der Waals surface area contributed by atoms with Gasteiger partial charge < -0.3 is 15.4 Å². The lowest BCUT2D eigenvalue weighted by molar-refractivity contribution is 0.0729. The first kappa shape index (κ1) is 15.5. The second kappa shape index (κ2) is 6.79. The van der Waals surface area contributed by atoms with Crippen molar-refractivity contribution in [3.63, 3.8) is 0 Å². The third-order valence-corrected chi connectivity index (χ3v) is 4.03. The van der Waals surface area contributed by atoms with Crippen LogP contribution in [0, 0.1) is 0 Å². The molecule has 2 N–H and O–H groups in total. The second-order valence-corrected chi connectivity index (χ2v) is 5.75. The zero-order chi connectivity index (χ0) is 16.2. The van der Waals surface area contributed by atoms with E-state index in [0.717, 1.165) is 29.8 Å². The first-order valence-electron chi connectivity index (χ1n) is 7.80. The van der Waals surface area contributed by atoms with Crippen molar-refractivity contribution in [1.29, 1.82) is 0 Å². The van der Waals surface area contributed by atoms with E-state index >= 15 is 0 Å². The summed E-state index contributed by atoms with van der Waals surface area (Å²) in [6, 6.07) is 11.7. The molecule has 5 heteroatoms. The van der Waals surface area contributed by atoms with Gasteiger partial charge in [-0.15, -0.1) is 0 Å². The van der Waals surface area contributed by atoms with Crippen LogP contribution in [0.3, 0.4) is 0 Å². The summed E-state index contributed by atoms with van der Waals surface area (Å²) in [4.78, 5) is 19.0. The molecule has 1 fully saturated rings. The van der Waals surface area contributed by atoms with Gasteiger partial charge in [-0.3, -0.25) is 9.78 Å². The van der Waals surface area contributed by atoms with E-state index in [1.807, 2.05) is 29.2 Å². The molecule has 23 heavy (non-hydrogen) atoms. The number of carbonyl (C=O) groups excluding carboxylic acids is 1. The Kier molecular flexibility index (Phi) is 4.57. The van der Waals surface area contributed by atoms with Gasteiger partial charge in [0.05, 0.1) is 12.8 Å². The maximum absolute atomic E-state index is 12.9. The van der Waals surface area contributed by atoms with Crippen LogP contribution in [0.5, 0.6) is 5.75 Å². The van der Waals surface area contributed by atoms with Gasteiger partial charge >= 0.3 is 0 Å². The summed E-state index contributed by atoms with van der Waals surface area (Å²) in [6.45, 7) is 0.941. The molecule has 0 spiro atoms. The van der Waals surface area contributed by atoms with Crippen LogP contribution in [-0.4, -0.2) is 28.9 Å². The summed E-state index contributed by atoms with van der Waals surface area (Å²) < 4.78 is 5.18. The van der Waals surface area contributed by atoms with Crippen molar-refractivity contribution < 1.29 is 9.53 Å². The fourth-order valence-corrected chi connectivity index (χ4v) is 2.57. The predicted octanol–water partition coefficient (Wildman–Crippen LogP) is 2.35. The van der Waals surface area contributed by atoms with Crippen LogP contribution >= 0.6 is 0 Å². The molecule has 1 aliphatic rings. The van der Waals surface area contributed by atoms with Gasteiger partial charge in [0, 0.05) is 30.9 Å². The van der Waals surface area contributed by atoms with Crippen molar-refractivity contribution >= 4 is 5.91 Å². The Morgan fingerprint density at radius 3 is 2.65 bits per heavy atom. The van der Waals surface area contributed by atoms with E-state index in [0.29, 0.717) is 24.7 Å². The van der Waals surface area contributed by atoms with Crippen molar-refractivity contribution in [2.45, 2.75) is 32.0 Å². The molecule has 1 heterocycles. The van der Waals surface area contributed by atoms with E-state index in [2.05, 4.69) is 4.98 Å². The lowest BCUT2D eigenvalue weighted by Crippen LogP contribution is -2.32. The van der Waals surface area contributed by atoms with Gasteiger partial charge in [0.25, 0.3) is 5.91 Å². The van der Waals surface area contributed by atoms with Crippen LogP contribution in [0.1, 0.15) is 34.5 Å². The number of nitrogens with two attached hydrogens (primary N) is 1. The number of ether oxygens (including phenoxy) is 1. The average Bonchev–Trinajstić information content (AvgIpc) is 3.44. The first-order valence-corrected chi connectivity index (χ1v) is 7.80. The fraction of sp³-hybridized carbons (Fsp3) is 0.333. The molecule has 1 aromatic carbocycles. The monoisotopic (exact) mass is 311 g/mol. The second-order valence-electron chi connectivity index (χ2n) is 5.75. The molecule has 3 rings (SSSR count). The molecule has 0 aliphatic heterocycles. The predicted molar refractivity (Wildman–Crippen MR) is 88.0 cm³/mol. The molecule has 1 saturated carbocycles. The fourth-order valence-electron chi connectivity index (χ4n) is 2.57. The Labute approximate surface area is 136 Å². The van der Waals surface area contributed by atoms with Crippen molar-refractivity contribution in [1.82, 2.24) is 9.88 Å². The van der Waals surface area contributed by atoms with Crippen LogP contribution in [0.4, 0.5) is 0 Å². The van der Waals surface area contributed by atoms with Crippen molar-refractivity contribution in [3.05, 3.63) is 59.4 Å². The first-order chi connectivity index (χ1) is 11.2. The van der Waals surface area contributed by atoms with Crippen LogP contribution in [0.2, 0.25) is 0 Å². The number of pyridine rings is 1. The largest absolute Gasteiger partial charge is 0.497 e. The van der Waals surface area contributed by atoms with Crippen LogP contribution in [-0.2, 0) is 13.1 Å². The van der Waals surface area contributed by atoms with E-state index < -0.39 is 0 Å². The van der Waals surface area contributed by atoms with Crippen LogP contribution in [0.25, 0.3) is 0 Å². The number of benzene rings is 1. The summed E-state index contributed by atoms with van der Waals surface area (Å²) in [5.41, 5.74) is 8.10. The molecular weight excluding hydrogens is 290 g/mol. The Morgan fingerprint density at radius 2 is 2.04 bits per heavy atom. The molecule has 1 amide bonds. The molecule has 0 unspecified atom stereocenters. The van der Waals surface area contributed by atoms with E-state index in [1.165, 1.54) is 0 Å². The van der Waals surface area contributed by atoms with E-state index in [-0.39, 0.29) is 5.91 Å². The summed E-state index contributed by atoms with van der Waals surface area (Å²) in [5, 5.41) is 0. The minimum atomic E-state index is 0.0421. The van der Waals surface area contributed by atoms with Gasteiger partial charge in [-0.2, -0.15) is 0 Å². The highest BCUT2D eigenvalue weighted by Gasteiger charge is 2.33. The topological polar surface area (TPSA) is 68.5 Å². The van der Waals surface area contributed by atoms with Crippen molar-refractivity contribution in [2.24, 2.45) is 5.73 Å². The third-order valence-electron chi connectivity index (χ3n) is 4.03. The summed E-state index contributed by atoms with van der Waals surface area (Å²) in [7, 11) is 1.65. The number of rotatable bonds is 6. The highest BCUT2D eigenvalue weighted by atomic mass is 16.5. The third kappa shape index (κ3) is 3.68. The van der Waals surface area contributed by atoms with Crippen molar-refractivity contribution in [3.8, 4) is 5.75 Å². The zero-order valence-corrected chi connectivity index (χ0v) is 13.2. The van der Waals surface area contributed by atoms with Gasteiger partial charge in [-0.1, -0.05) is 12.1 Å². The summed E-state index contributed by atoms with van der Waals surface area (Å²) >= 11 is 0. The molecule has 0 saturated heterocycles. The van der Waals surface area contributed by atoms with E-state index in [4.69, 9.17) is 10.5 Å². The average molecular weight is 311 g/mol. The smallest absolute Gasteiger partial charge is 0.254 e. The maximum Gasteiger partial charge on any atom is 0.254 e. The highest BCUT2D eigenvalue weighted by molar-refractivity contribution is 5.94. The molecular formula is C18H21N3O2. The quantitative estimate of drug-likeness (QED) is 0.889. The van der Waals surface area contributed by atoms with Crippen LogP contribution in [0.15, 0.2) is 42.6 Å². The van der Waals surface area contributed by atoms with Crippen molar-refractivity contribution in [2.75, 3.05) is 7.11 Å². The minimum Gasteiger partial charge on any atom is -0.497 e. The number of amides is 1. The van der Waals surface area contributed by atoms with Gasteiger partial charge in [0.2, 0.25) is 0 Å². The normalized spacial score (nSPS) is 13.7. The van der Waals surface area contributed by atoms with E-state index in [9.17, 15) is 4.79 Å². The Balaban J connectivity index is 1.78.